The molecule has 0 bridgehead atoms. The van der Waals surface area contributed by atoms with Crippen LogP contribution in [0.5, 0.6) is 5.75 Å². The summed E-state index contributed by atoms with van der Waals surface area (Å²) in [6.45, 7) is 0.167. The molecule has 4 rings (SSSR count). The van der Waals surface area contributed by atoms with Crippen LogP contribution in [0.15, 0.2) is 63.9 Å². The number of ether oxygens (including phenoxy) is 1. The zero-order valence-corrected chi connectivity index (χ0v) is 18.1. The van der Waals surface area contributed by atoms with Crippen LogP contribution >= 0.6 is 35.0 Å². The van der Waals surface area contributed by atoms with E-state index in [0.29, 0.717) is 32.9 Å². The van der Waals surface area contributed by atoms with Crippen molar-refractivity contribution in [2.75, 3.05) is 13.2 Å². The van der Waals surface area contributed by atoms with E-state index in [0.717, 1.165) is 16.7 Å². The maximum atomic E-state index is 12.9. The molecule has 1 saturated heterocycles. The van der Waals surface area contributed by atoms with Gasteiger partial charge in [-0.25, -0.2) is 4.39 Å². The SMILES string of the molecule is O=C1S/C(=C\c2ccc(-c3ccc(Cl)cc3Cl)o2)C(=O)N1CCOc1ccc(F)cc1. The second-order valence-electron chi connectivity index (χ2n) is 6.46. The molecule has 1 aromatic heterocycles. The van der Waals surface area contributed by atoms with E-state index in [1.54, 1.807) is 30.3 Å². The summed E-state index contributed by atoms with van der Waals surface area (Å²) in [5.74, 6) is 0.574. The number of amides is 2. The van der Waals surface area contributed by atoms with Gasteiger partial charge in [-0.05, 0) is 66.4 Å². The van der Waals surface area contributed by atoms with Gasteiger partial charge < -0.3 is 9.15 Å². The number of carbonyl (C=O) groups is 2. The maximum absolute atomic E-state index is 12.9. The molecule has 3 aromatic rings. The summed E-state index contributed by atoms with van der Waals surface area (Å²) in [7, 11) is 0. The molecule has 1 aliphatic heterocycles. The lowest BCUT2D eigenvalue weighted by Crippen LogP contribution is -2.32. The average Bonchev–Trinajstić information content (AvgIpc) is 3.29. The van der Waals surface area contributed by atoms with Gasteiger partial charge in [-0.1, -0.05) is 23.2 Å². The second-order valence-corrected chi connectivity index (χ2v) is 8.30. The fourth-order valence-electron chi connectivity index (χ4n) is 2.87. The van der Waals surface area contributed by atoms with Gasteiger partial charge in [0.05, 0.1) is 16.5 Å². The van der Waals surface area contributed by atoms with E-state index in [2.05, 4.69) is 0 Å². The van der Waals surface area contributed by atoms with Crippen molar-refractivity contribution in [1.82, 2.24) is 4.90 Å². The van der Waals surface area contributed by atoms with Gasteiger partial charge in [0.2, 0.25) is 0 Å². The van der Waals surface area contributed by atoms with Crippen molar-refractivity contribution in [3.8, 4) is 17.1 Å². The van der Waals surface area contributed by atoms with Gasteiger partial charge in [0.15, 0.2) is 0 Å². The Labute approximate surface area is 191 Å². The molecule has 2 aromatic carbocycles. The molecule has 9 heteroatoms. The zero-order valence-electron chi connectivity index (χ0n) is 15.8. The van der Waals surface area contributed by atoms with Gasteiger partial charge in [0, 0.05) is 16.7 Å². The topological polar surface area (TPSA) is 59.8 Å². The van der Waals surface area contributed by atoms with E-state index >= 15 is 0 Å². The summed E-state index contributed by atoms with van der Waals surface area (Å²) >= 11 is 12.9. The number of rotatable bonds is 6. The first-order valence-electron chi connectivity index (χ1n) is 9.10. The monoisotopic (exact) mass is 477 g/mol. The number of hydrogen-bond acceptors (Lipinski definition) is 5. The molecule has 0 N–H and O–H groups in total. The Morgan fingerprint density at radius 2 is 1.84 bits per heavy atom. The van der Waals surface area contributed by atoms with Crippen LogP contribution in [0.1, 0.15) is 5.76 Å². The molecular weight excluding hydrogens is 464 g/mol. The van der Waals surface area contributed by atoms with Crippen LogP contribution in [0.3, 0.4) is 0 Å². The molecule has 1 fully saturated rings. The first-order valence-corrected chi connectivity index (χ1v) is 10.7. The summed E-state index contributed by atoms with van der Waals surface area (Å²) in [5, 5.41) is 0.555. The molecule has 1 aliphatic rings. The lowest BCUT2D eigenvalue weighted by atomic mass is 10.2. The Kier molecular flexibility index (Phi) is 6.36. The highest BCUT2D eigenvalue weighted by Gasteiger charge is 2.35. The first-order chi connectivity index (χ1) is 14.9. The van der Waals surface area contributed by atoms with Crippen molar-refractivity contribution in [3.05, 3.63) is 81.1 Å². The Morgan fingerprint density at radius 1 is 1.06 bits per heavy atom. The van der Waals surface area contributed by atoms with Crippen LogP contribution in [0.25, 0.3) is 17.4 Å². The number of imide groups is 1. The molecule has 0 saturated carbocycles. The molecule has 0 atom stereocenters. The highest BCUT2D eigenvalue weighted by atomic mass is 35.5. The van der Waals surface area contributed by atoms with Crippen LogP contribution in [-0.4, -0.2) is 29.2 Å². The summed E-state index contributed by atoms with van der Waals surface area (Å²) < 4.78 is 24.2. The Bertz CT molecular complexity index is 1180. The van der Waals surface area contributed by atoms with Crippen LogP contribution in [-0.2, 0) is 4.79 Å². The second kappa shape index (κ2) is 9.18. The van der Waals surface area contributed by atoms with E-state index in [9.17, 15) is 14.0 Å². The molecule has 2 amide bonds. The van der Waals surface area contributed by atoms with E-state index in [1.807, 2.05) is 0 Å². The maximum Gasteiger partial charge on any atom is 0.293 e. The summed E-state index contributed by atoms with van der Waals surface area (Å²) in [4.78, 5) is 26.2. The molecular formula is C22H14Cl2FNO4S. The van der Waals surface area contributed by atoms with Crippen molar-refractivity contribution < 1.29 is 23.1 Å². The lowest BCUT2D eigenvalue weighted by molar-refractivity contribution is -0.123. The van der Waals surface area contributed by atoms with Crippen LogP contribution in [0.2, 0.25) is 10.0 Å². The zero-order chi connectivity index (χ0) is 22.0. The molecule has 0 unspecified atom stereocenters. The highest BCUT2D eigenvalue weighted by Crippen LogP contribution is 2.35. The first kappa shape index (κ1) is 21.5. The minimum Gasteiger partial charge on any atom is -0.492 e. The van der Waals surface area contributed by atoms with Gasteiger partial charge in [-0.3, -0.25) is 14.5 Å². The van der Waals surface area contributed by atoms with E-state index in [-0.39, 0.29) is 23.9 Å². The van der Waals surface area contributed by atoms with Gasteiger partial charge in [0.1, 0.15) is 29.7 Å². The third-order valence-electron chi connectivity index (χ3n) is 4.37. The average molecular weight is 478 g/mol. The van der Waals surface area contributed by atoms with Crippen molar-refractivity contribution in [3.63, 3.8) is 0 Å². The third kappa shape index (κ3) is 4.95. The molecule has 0 aliphatic carbocycles. The fraction of sp³-hybridized carbons (Fsp3) is 0.0909. The standard InChI is InChI=1S/C22H14Cl2FNO4S/c23-13-1-7-17(18(24)11-13)19-8-6-16(30-19)12-20-21(27)26(22(28)31-20)9-10-29-15-4-2-14(25)3-5-15/h1-8,11-12H,9-10H2/b20-12-. The van der Waals surface area contributed by atoms with Gasteiger partial charge in [-0.2, -0.15) is 0 Å². The van der Waals surface area contributed by atoms with Gasteiger partial charge in [-0.15, -0.1) is 0 Å². The Hall–Kier alpha value is -2.74. The van der Waals surface area contributed by atoms with Crippen LogP contribution in [0.4, 0.5) is 9.18 Å². The largest absolute Gasteiger partial charge is 0.492 e. The number of hydrogen-bond donors (Lipinski definition) is 0. The van der Waals surface area contributed by atoms with Crippen molar-refractivity contribution >= 4 is 52.2 Å². The molecule has 5 nitrogen and oxygen atoms in total. The normalized spacial score (nSPS) is 15.2. The Morgan fingerprint density at radius 3 is 2.58 bits per heavy atom. The molecule has 0 spiro atoms. The number of furan rings is 1. The number of carbonyl (C=O) groups excluding carboxylic acids is 2. The number of nitrogens with zero attached hydrogens (tertiary/aromatic N) is 1. The van der Waals surface area contributed by atoms with Gasteiger partial charge >= 0.3 is 0 Å². The molecule has 31 heavy (non-hydrogen) atoms. The van der Waals surface area contributed by atoms with Crippen molar-refractivity contribution in [1.29, 1.82) is 0 Å². The van der Waals surface area contributed by atoms with E-state index < -0.39 is 11.1 Å². The minimum absolute atomic E-state index is 0.0726. The summed E-state index contributed by atoms with van der Waals surface area (Å²) in [5.41, 5.74) is 0.664. The van der Waals surface area contributed by atoms with Crippen molar-refractivity contribution in [2.24, 2.45) is 0 Å². The number of thioether (sulfide) groups is 1. The van der Waals surface area contributed by atoms with Crippen LogP contribution < -0.4 is 4.74 Å². The van der Waals surface area contributed by atoms with E-state index in [1.165, 1.54) is 30.3 Å². The summed E-state index contributed by atoms with van der Waals surface area (Å²) in [6, 6.07) is 14.0. The quantitative estimate of drug-likeness (QED) is 0.378. The minimum atomic E-state index is -0.430. The Balaban J connectivity index is 1.42. The lowest BCUT2D eigenvalue weighted by Gasteiger charge is -2.13. The number of halogens is 3. The molecule has 158 valence electrons. The molecule has 2 heterocycles. The number of benzene rings is 2. The van der Waals surface area contributed by atoms with Crippen LogP contribution in [0, 0.1) is 5.82 Å². The van der Waals surface area contributed by atoms with E-state index in [4.69, 9.17) is 32.4 Å². The smallest absolute Gasteiger partial charge is 0.293 e. The molecule has 0 radical (unpaired) electrons. The summed E-state index contributed by atoms with van der Waals surface area (Å²) in [6.07, 6.45) is 1.51. The van der Waals surface area contributed by atoms with Gasteiger partial charge in [0.25, 0.3) is 11.1 Å². The predicted molar refractivity (Wildman–Crippen MR) is 119 cm³/mol. The third-order valence-corrected chi connectivity index (χ3v) is 5.82. The van der Waals surface area contributed by atoms with Crippen molar-refractivity contribution in [2.45, 2.75) is 0 Å². The predicted octanol–water partition coefficient (Wildman–Crippen LogP) is 6.51. The highest BCUT2D eigenvalue weighted by molar-refractivity contribution is 8.18. The fourth-order valence-corrected chi connectivity index (χ4v) is 4.22.